The Morgan fingerprint density at radius 2 is 1.54 bits per heavy atom. The molecule has 0 fully saturated rings. The maximum Gasteiger partial charge on any atom is 0.220 e. The number of ketones is 2. The molecular formula is C19H36N2O3. The highest BCUT2D eigenvalue weighted by atomic mass is 16.1. The summed E-state index contributed by atoms with van der Waals surface area (Å²) in [7, 11) is 0. The third-order valence-electron chi connectivity index (χ3n) is 4.08. The topological polar surface area (TPSA) is 75.3 Å². The molecule has 5 nitrogen and oxygen atoms in total. The Kier molecular flexibility index (Phi) is 12.4. The zero-order valence-corrected chi connectivity index (χ0v) is 16.1. The molecule has 0 saturated carbocycles. The standard InChI is InChI=1S/C19H36N2O3/c1-6-20-16(19(24)15(4)5)10-7-8-13-21-18(23)12-9-11-17(22)14(2)3/h14-16,20H,6-13H2,1-5H3,(H,21,23). The van der Waals surface area contributed by atoms with Crippen LogP contribution in [0.4, 0.5) is 0 Å². The van der Waals surface area contributed by atoms with Crippen LogP contribution in [0.25, 0.3) is 0 Å². The lowest BCUT2D eigenvalue weighted by Crippen LogP contribution is -2.39. The van der Waals surface area contributed by atoms with Crippen LogP contribution in [-0.2, 0) is 14.4 Å². The monoisotopic (exact) mass is 340 g/mol. The number of nitrogens with one attached hydrogen (secondary N) is 2. The van der Waals surface area contributed by atoms with Crippen molar-refractivity contribution < 1.29 is 14.4 Å². The van der Waals surface area contributed by atoms with Gasteiger partial charge in [-0.1, -0.05) is 34.6 Å². The molecule has 0 aromatic rings. The van der Waals surface area contributed by atoms with Crippen molar-refractivity contribution in [2.75, 3.05) is 13.1 Å². The molecule has 0 rings (SSSR count). The van der Waals surface area contributed by atoms with Crippen molar-refractivity contribution >= 4 is 17.5 Å². The molecule has 0 radical (unpaired) electrons. The summed E-state index contributed by atoms with van der Waals surface area (Å²) in [6, 6.07) is -0.0762. The van der Waals surface area contributed by atoms with Crippen molar-refractivity contribution in [1.29, 1.82) is 0 Å². The number of likely N-dealkylation sites (N-methyl/N-ethyl adjacent to an activating group) is 1. The molecule has 0 saturated heterocycles. The van der Waals surface area contributed by atoms with Crippen LogP contribution in [0.2, 0.25) is 0 Å². The van der Waals surface area contributed by atoms with Crippen LogP contribution in [0.3, 0.4) is 0 Å². The molecule has 0 aliphatic rings. The third kappa shape index (κ3) is 10.5. The minimum Gasteiger partial charge on any atom is -0.356 e. The van der Waals surface area contributed by atoms with Crippen molar-refractivity contribution in [3.8, 4) is 0 Å². The van der Waals surface area contributed by atoms with E-state index < -0.39 is 0 Å². The highest BCUT2D eigenvalue weighted by molar-refractivity contribution is 5.85. The van der Waals surface area contributed by atoms with Gasteiger partial charge in [-0.2, -0.15) is 0 Å². The highest BCUT2D eigenvalue weighted by Crippen LogP contribution is 2.08. The van der Waals surface area contributed by atoms with Crippen LogP contribution >= 0.6 is 0 Å². The van der Waals surface area contributed by atoms with E-state index in [0.29, 0.717) is 25.8 Å². The molecule has 5 heteroatoms. The zero-order valence-electron chi connectivity index (χ0n) is 16.1. The van der Waals surface area contributed by atoms with E-state index in [-0.39, 0.29) is 35.4 Å². The average molecular weight is 341 g/mol. The number of carbonyl (C=O) groups is 3. The molecule has 0 aliphatic carbocycles. The van der Waals surface area contributed by atoms with Gasteiger partial charge >= 0.3 is 0 Å². The van der Waals surface area contributed by atoms with Gasteiger partial charge in [0.25, 0.3) is 0 Å². The largest absolute Gasteiger partial charge is 0.356 e. The summed E-state index contributed by atoms with van der Waals surface area (Å²) in [6.45, 7) is 11.0. The van der Waals surface area contributed by atoms with Gasteiger partial charge in [0.1, 0.15) is 5.78 Å². The molecule has 0 heterocycles. The maximum absolute atomic E-state index is 12.1. The minimum atomic E-state index is -0.0762. The van der Waals surface area contributed by atoms with Crippen molar-refractivity contribution in [1.82, 2.24) is 10.6 Å². The second kappa shape index (κ2) is 13.1. The van der Waals surface area contributed by atoms with E-state index >= 15 is 0 Å². The molecule has 24 heavy (non-hydrogen) atoms. The average Bonchev–Trinajstić information content (AvgIpc) is 2.52. The van der Waals surface area contributed by atoms with Gasteiger partial charge in [-0.15, -0.1) is 0 Å². The van der Waals surface area contributed by atoms with Crippen LogP contribution in [0.1, 0.15) is 73.1 Å². The highest BCUT2D eigenvalue weighted by Gasteiger charge is 2.19. The van der Waals surface area contributed by atoms with Crippen LogP contribution < -0.4 is 10.6 Å². The molecule has 0 spiro atoms. The maximum atomic E-state index is 12.1. The Bertz CT molecular complexity index is 392. The predicted octanol–water partition coefficient (Wildman–Crippen LogP) is 2.87. The number of rotatable bonds is 14. The fourth-order valence-electron chi connectivity index (χ4n) is 2.50. The van der Waals surface area contributed by atoms with Gasteiger partial charge in [0.05, 0.1) is 6.04 Å². The van der Waals surface area contributed by atoms with E-state index in [2.05, 4.69) is 10.6 Å². The summed E-state index contributed by atoms with van der Waals surface area (Å²) < 4.78 is 0. The first kappa shape index (κ1) is 22.8. The predicted molar refractivity (Wildman–Crippen MR) is 97.9 cm³/mol. The van der Waals surface area contributed by atoms with Crippen LogP contribution in [0.5, 0.6) is 0 Å². The number of Topliss-reactive ketones (excluding diaryl/α,β-unsaturated/α-hetero) is 2. The lowest BCUT2D eigenvalue weighted by Gasteiger charge is -2.18. The van der Waals surface area contributed by atoms with E-state index in [1.165, 1.54) is 0 Å². The minimum absolute atomic E-state index is 0.00745. The molecule has 2 N–H and O–H groups in total. The quantitative estimate of drug-likeness (QED) is 0.477. The van der Waals surface area contributed by atoms with E-state index in [9.17, 15) is 14.4 Å². The SMILES string of the molecule is CCNC(CCCCNC(=O)CCCC(=O)C(C)C)C(=O)C(C)C. The Balaban J connectivity index is 3.82. The first-order valence-corrected chi connectivity index (χ1v) is 9.36. The first-order chi connectivity index (χ1) is 11.3. The number of hydrogen-bond donors (Lipinski definition) is 2. The van der Waals surface area contributed by atoms with Gasteiger partial charge in [-0.3, -0.25) is 14.4 Å². The summed E-state index contributed by atoms with van der Waals surface area (Å²) in [4.78, 5) is 35.2. The Hall–Kier alpha value is -1.23. The lowest BCUT2D eigenvalue weighted by molar-refractivity contribution is -0.124. The molecule has 1 amide bonds. The van der Waals surface area contributed by atoms with E-state index in [1.54, 1.807) is 0 Å². The molecule has 1 atom stereocenters. The van der Waals surface area contributed by atoms with Gasteiger partial charge < -0.3 is 10.6 Å². The zero-order chi connectivity index (χ0) is 18.5. The smallest absolute Gasteiger partial charge is 0.220 e. The first-order valence-electron chi connectivity index (χ1n) is 9.36. The molecule has 0 aliphatic heterocycles. The van der Waals surface area contributed by atoms with Crippen molar-refractivity contribution in [3.05, 3.63) is 0 Å². The molecule has 1 unspecified atom stereocenters. The van der Waals surface area contributed by atoms with Gasteiger partial charge in [0.15, 0.2) is 5.78 Å². The van der Waals surface area contributed by atoms with Crippen molar-refractivity contribution in [2.45, 2.75) is 79.2 Å². The number of amides is 1. The second-order valence-electron chi connectivity index (χ2n) is 6.99. The lowest BCUT2D eigenvalue weighted by atomic mass is 9.97. The fraction of sp³-hybridized carbons (Fsp3) is 0.842. The van der Waals surface area contributed by atoms with Crippen LogP contribution in [0, 0.1) is 11.8 Å². The molecule has 140 valence electrons. The van der Waals surface area contributed by atoms with Gasteiger partial charge in [0, 0.05) is 31.2 Å². The van der Waals surface area contributed by atoms with Crippen LogP contribution in [0.15, 0.2) is 0 Å². The fourth-order valence-corrected chi connectivity index (χ4v) is 2.50. The number of hydrogen-bond acceptors (Lipinski definition) is 4. The summed E-state index contributed by atoms with van der Waals surface area (Å²) in [5, 5.41) is 6.13. The Labute approximate surface area is 147 Å². The Morgan fingerprint density at radius 1 is 0.875 bits per heavy atom. The summed E-state index contributed by atoms with van der Waals surface area (Å²) in [5.74, 6) is 0.574. The van der Waals surface area contributed by atoms with E-state index in [4.69, 9.17) is 0 Å². The molecule has 0 bridgehead atoms. The number of carbonyl (C=O) groups excluding carboxylic acids is 3. The van der Waals surface area contributed by atoms with E-state index in [0.717, 1.165) is 25.8 Å². The summed E-state index contributed by atoms with van der Waals surface area (Å²) in [6.07, 6.45) is 4.08. The summed E-state index contributed by atoms with van der Waals surface area (Å²) >= 11 is 0. The molecule has 0 aromatic carbocycles. The summed E-state index contributed by atoms with van der Waals surface area (Å²) in [5.41, 5.74) is 0. The van der Waals surface area contributed by atoms with Gasteiger partial charge in [-0.05, 0) is 32.2 Å². The number of unbranched alkanes of at least 4 members (excludes halogenated alkanes) is 1. The van der Waals surface area contributed by atoms with Gasteiger partial charge in [-0.25, -0.2) is 0 Å². The molecular weight excluding hydrogens is 304 g/mol. The van der Waals surface area contributed by atoms with E-state index in [1.807, 2.05) is 34.6 Å². The third-order valence-corrected chi connectivity index (χ3v) is 4.08. The van der Waals surface area contributed by atoms with Crippen LogP contribution in [-0.4, -0.2) is 36.6 Å². The van der Waals surface area contributed by atoms with Crippen molar-refractivity contribution in [3.63, 3.8) is 0 Å². The Morgan fingerprint density at radius 3 is 2.08 bits per heavy atom. The normalized spacial score (nSPS) is 12.5. The molecule has 0 aromatic heterocycles. The van der Waals surface area contributed by atoms with Crippen molar-refractivity contribution in [2.24, 2.45) is 11.8 Å². The second-order valence-corrected chi connectivity index (χ2v) is 6.99. The van der Waals surface area contributed by atoms with Gasteiger partial charge in [0.2, 0.25) is 5.91 Å².